The monoisotopic (exact) mass is 502 g/mol. The molecule has 4 aliphatic rings. The van der Waals surface area contributed by atoms with Crippen molar-refractivity contribution in [3.8, 4) is 0 Å². The van der Waals surface area contributed by atoms with E-state index in [1.165, 1.54) is 11.1 Å². The van der Waals surface area contributed by atoms with E-state index in [-0.39, 0.29) is 30.1 Å². The molecule has 2 fully saturated rings. The van der Waals surface area contributed by atoms with Gasteiger partial charge in [0, 0.05) is 44.4 Å². The molecule has 4 rings (SSSR count). The number of hydrogen-bond acceptors (Lipinski definition) is 7. The molecule has 0 bridgehead atoms. The maximum Gasteiger partial charge on any atom is 0.219 e. The third kappa shape index (κ3) is 5.89. The zero-order chi connectivity index (χ0) is 25.9. The van der Waals surface area contributed by atoms with Crippen LogP contribution >= 0.6 is 0 Å². The lowest BCUT2D eigenvalue weighted by Crippen LogP contribution is -2.57. The second kappa shape index (κ2) is 11.8. The van der Waals surface area contributed by atoms with Gasteiger partial charge in [0.15, 0.2) is 0 Å². The van der Waals surface area contributed by atoms with Gasteiger partial charge < -0.3 is 25.2 Å². The molecule has 2 saturated heterocycles. The summed E-state index contributed by atoms with van der Waals surface area (Å²) >= 11 is 0. The third-order valence-corrected chi connectivity index (χ3v) is 8.74. The number of nitrogens with one attached hydrogen (secondary N) is 2. The van der Waals surface area contributed by atoms with Crippen LogP contribution in [0.5, 0.6) is 0 Å². The van der Waals surface area contributed by atoms with E-state index in [0.717, 1.165) is 51.1 Å². The lowest BCUT2D eigenvalue weighted by molar-refractivity contribution is -0.202. The van der Waals surface area contributed by atoms with Crippen molar-refractivity contribution in [2.75, 3.05) is 40.0 Å². The molecule has 2 heterocycles. The molecule has 0 aromatic rings. The average Bonchev–Trinajstić information content (AvgIpc) is 2.87. The second-order valence-electron chi connectivity index (χ2n) is 11.1. The molecule has 0 saturated carbocycles. The van der Waals surface area contributed by atoms with E-state index in [1.54, 1.807) is 14.0 Å². The van der Waals surface area contributed by atoms with E-state index >= 15 is 0 Å². The highest BCUT2D eigenvalue weighted by atomic mass is 16.5. The number of allylic oxidation sites excluding steroid dienone is 3. The Morgan fingerprint density at radius 1 is 1.36 bits per heavy atom. The number of piperidine rings is 1. The predicted octanol–water partition coefficient (Wildman–Crippen LogP) is 2.06. The Hall–Kier alpha value is -1.71. The van der Waals surface area contributed by atoms with Crippen molar-refractivity contribution in [2.24, 2.45) is 23.5 Å². The Balaban J connectivity index is 1.48. The summed E-state index contributed by atoms with van der Waals surface area (Å²) in [7, 11) is 1.74. The molecule has 36 heavy (non-hydrogen) atoms. The Bertz CT molecular complexity index is 873. The fourth-order valence-electron chi connectivity index (χ4n) is 6.28. The van der Waals surface area contributed by atoms with Gasteiger partial charge in [0.2, 0.25) is 5.91 Å². The molecule has 5 unspecified atom stereocenters. The molecule has 0 aromatic heterocycles. The first kappa shape index (κ1) is 27.3. The molecular formula is C28H46N4O4. The number of ether oxygens (including phenoxy) is 2. The Kier molecular flexibility index (Phi) is 8.94. The smallest absolute Gasteiger partial charge is 0.219 e. The van der Waals surface area contributed by atoms with Crippen LogP contribution in [0, 0.1) is 17.8 Å². The summed E-state index contributed by atoms with van der Waals surface area (Å²) in [6.07, 6.45) is 11.1. The number of likely N-dealkylation sites (N-methyl/N-ethyl adjacent to an activating group) is 1. The quantitative estimate of drug-likeness (QED) is 0.282. The van der Waals surface area contributed by atoms with E-state index in [4.69, 9.17) is 15.2 Å². The lowest BCUT2D eigenvalue weighted by Gasteiger charge is -2.45. The summed E-state index contributed by atoms with van der Waals surface area (Å²) in [5, 5.41) is 18.3. The standard InChI is InChI=1S/C28H46N4O4/c1-5-30-27(31-18(2)21-7-6-8-22(13-21)28(34)16-36-17-28)24-14-23(26(35-4)15-25(24)29)20-9-11-32(12-10-20)19(3)33/h6,8,14,18,20-22,25,27,30-31,34H,5,7,9-13,15-17,29H2,1-4H3. The molecule has 5 atom stereocenters. The minimum absolute atomic E-state index is 0.0369. The van der Waals surface area contributed by atoms with Gasteiger partial charge >= 0.3 is 0 Å². The van der Waals surface area contributed by atoms with Crippen molar-refractivity contribution in [2.45, 2.75) is 76.7 Å². The van der Waals surface area contributed by atoms with E-state index in [9.17, 15) is 9.90 Å². The normalized spacial score (nSPS) is 30.4. The van der Waals surface area contributed by atoms with Gasteiger partial charge in [0.25, 0.3) is 0 Å². The second-order valence-corrected chi connectivity index (χ2v) is 11.1. The van der Waals surface area contributed by atoms with Crippen molar-refractivity contribution in [3.63, 3.8) is 0 Å². The minimum Gasteiger partial charge on any atom is -0.501 e. The fraction of sp³-hybridized carbons (Fsp3) is 0.750. The molecule has 8 heteroatoms. The summed E-state index contributed by atoms with van der Waals surface area (Å²) in [6.45, 7) is 9.28. The van der Waals surface area contributed by atoms with Crippen LogP contribution in [0.25, 0.3) is 0 Å². The maximum absolute atomic E-state index is 11.8. The van der Waals surface area contributed by atoms with Crippen LogP contribution in [0.1, 0.15) is 52.9 Å². The van der Waals surface area contributed by atoms with Gasteiger partial charge in [0.05, 0.1) is 26.5 Å². The summed E-state index contributed by atoms with van der Waals surface area (Å²) in [5.74, 6) is 2.06. The van der Waals surface area contributed by atoms with E-state index < -0.39 is 5.60 Å². The maximum atomic E-state index is 11.8. The predicted molar refractivity (Wildman–Crippen MR) is 141 cm³/mol. The Labute approximate surface area is 216 Å². The van der Waals surface area contributed by atoms with Crippen LogP contribution < -0.4 is 16.4 Å². The van der Waals surface area contributed by atoms with Crippen molar-refractivity contribution < 1.29 is 19.4 Å². The third-order valence-electron chi connectivity index (χ3n) is 8.74. The fourth-order valence-corrected chi connectivity index (χ4v) is 6.28. The van der Waals surface area contributed by atoms with Gasteiger partial charge in [-0.3, -0.25) is 15.4 Å². The molecule has 202 valence electrons. The number of nitrogens with two attached hydrogens (primary N) is 1. The van der Waals surface area contributed by atoms with Gasteiger partial charge in [0.1, 0.15) is 11.4 Å². The number of carbonyl (C=O) groups excluding carboxylic acids is 1. The average molecular weight is 503 g/mol. The number of methoxy groups -OCH3 is 1. The summed E-state index contributed by atoms with van der Waals surface area (Å²) in [6, 6.07) is 0.117. The molecule has 1 amide bonds. The largest absolute Gasteiger partial charge is 0.501 e. The highest BCUT2D eigenvalue weighted by Crippen LogP contribution is 2.38. The summed E-state index contributed by atoms with van der Waals surface area (Å²) in [4.78, 5) is 13.7. The molecule has 8 nitrogen and oxygen atoms in total. The van der Waals surface area contributed by atoms with E-state index in [2.05, 4.69) is 42.7 Å². The highest BCUT2D eigenvalue weighted by Gasteiger charge is 2.45. The molecular weight excluding hydrogens is 456 g/mol. The molecule has 5 N–H and O–H groups in total. The van der Waals surface area contributed by atoms with Crippen LogP contribution in [0.15, 0.2) is 35.1 Å². The number of likely N-dealkylation sites (tertiary alicyclic amines) is 1. The number of amides is 1. The van der Waals surface area contributed by atoms with Crippen molar-refractivity contribution in [1.29, 1.82) is 0 Å². The highest BCUT2D eigenvalue weighted by molar-refractivity contribution is 5.73. The van der Waals surface area contributed by atoms with E-state index in [0.29, 0.717) is 31.5 Å². The van der Waals surface area contributed by atoms with Crippen molar-refractivity contribution in [3.05, 3.63) is 35.1 Å². The zero-order valence-corrected chi connectivity index (χ0v) is 22.5. The first-order chi connectivity index (χ1) is 17.3. The van der Waals surface area contributed by atoms with Gasteiger partial charge in [-0.05, 0) is 62.1 Å². The molecule has 2 aliphatic heterocycles. The summed E-state index contributed by atoms with van der Waals surface area (Å²) in [5.41, 5.74) is 8.41. The Morgan fingerprint density at radius 3 is 2.67 bits per heavy atom. The van der Waals surface area contributed by atoms with Gasteiger partial charge in [-0.1, -0.05) is 25.2 Å². The summed E-state index contributed by atoms with van der Waals surface area (Å²) < 4.78 is 11.1. The van der Waals surface area contributed by atoms with Crippen LogP contribution in [0.2, 0.25) is 0 Å². The Morgan fingerprint density at radius 2 is 2.08 bits per heavy atom. The minimum atomic E-state index is -0.710. The topological polar surface area (TPSA) is 109 Å². The van der Waals surface area contributed by atoms with E-state index in [1.807, 2.05) is 4.90 Å². The molecule has 0 radical (unpaired) electrons. The lowest BCUT2D eigenvalue weighted by atomic mass is 9.73. The number of hydrogen-bond donors (Lipinski definition) is 4. The number of aliphatic hydroxyl groups is 1. The zero-order valence-electron chi connectivity index (χ0n) is 22.5. The number of rotatable bonds is 9. The van der Waals surface area contributed by atoms with Crippen LogP contribution in [0.4, 0.5) is 0 Å². The molecule has 0 aromatic carbocycles. The van der Waals surface area contributed by atoms with Crippen molar-refractivity contribution in [1.82, 2.24) is 15.5 Å². The van der Waals surface area contributed by atoms with Gasteiger partial charge in [-0.15, -0.1) is 0 Å². The van der Waals surface area contributed by atoms with Gasteiger partial charge in [-0.2, -0.15) is 0 Å². The SMILES string of the molecule is CCNC(NC(C)C1CC=CC(C2(O)COC2)C1)C1=CC(C2CCN(C(C)=O)CC2)=C(OC)CC1N. The van der Waals surface area contributed by atoms with Crippen molar-refractivity contribution >= 4 is 5.91 Å². The van der Waals surface area contributed by atoms with Crippen LogP contribution in [-0.2, 0) is 14.3 Å². The van der Waals surface area contributed by atoms with Crippen LogP contribution in [-0.4, -0.2) is 79.7 Å². The molecule has 0 spiro atoms. The van der Waals surface area contributed by atoms with Gasteiger partial charge in [-0.25, -0.2) is 0 Å². The first-order valence-electron chi connectivity index (χ1n) is 13.7. The van der Waals surface area contributed by atoms with Crippen LogP contribution in [0.3, 0.4) is 0 Å². The first-order valence-corrected chi connectivity index (χ1v) is 13.7. The number of nitrogens with zero attached hydrogens (tertiary/aromatic N) is 1. The number of carbonyl (C=O) groups is 1. The molecule has 2 aliphatic carbocycles.